The molecule has 2 aromatic carbocycles. The highest BCUT2D eigenvalue weighted by Gasteiger charge is 2.26. The predicted molar refractivity (Wildman–Crippen MR) is 126 cm³/mol. The zero-order valence-corrected chi connectivity index (χ0v) is 20.1. The van der Waals surface area contributed by atoms with Gasteiger partial charge in [-0.15, -0.1) is 0 Å². The molecule has 0 aliphatic heterocycles. The number of amides is 2. The number of unbranched alkanes of at least 4 members (excludes halogenated alkanes) is 1. The Morgan fingerprint density at radius 2 is 1.68 bits per heavy atom. The van der Waals surface area contributed by atoms with Crippen molar-refractivity contribution in [3.8, 4) is 0 Å². The molecule has 184 valence electrons. The Bertz CT molecular complexity index is 1100. The number of benzene rings is 2. The first kappa shape index (κ1) is 26.8. The topological polar surface area (TPSA) is 140 Å². The molecule has 0 aliphatic carbocycles. The van der Waals surface area contributed by atoms with Crippen LogP contribution < -0.4 is 15.4 Å². The van der Waals surface area contributed by atoms with Crippen LogP contribution in [0, 0.1) is 6.92 Å². The molecular formula is C23H29N3O7S. The van der Waals surface area contributed by atoms with E-state index in [1.54, 1.807) is 30.3 Å². The molecule has 0 aliphatic rings. The molecule has 0 aromatic heterocycles. The largest absolute Gasteiger partial charge is 0.468 e. The maximum absolute atomic E-state index is 12.6. The number of carbonyl (C=O) groups is 3. The van der Waals surface area contributed by atoms with Crippen molar-refractivity contribution >= 4 is 33.7 Å². The maximum atomic E-state index is 12.6. The standard InChI is InChI=1S/C23H29N3O7S/c1-16-10-12-19(13-11-16)34(30,31)26-20(22(28)33-3)9-4-5-14-24-23(29)25-18-8-6-7-17(15-18)21(27)32-2/h6-8,10-13,15,20,26H,4-5,9,14H2,1-3H3,(H2,24,25,29). The van der Waals surface area contributed by atoms with E-state index in [-0.39, 0.29) is 11.3 Å². The van der Waals surface area contributed by atoms with Gasteiger partial charge in [0, 0.05) is 12.2 Å². The van der Waals surface area contributed by atoms with Crippen LogP contribution in [0.15, 0.2) is 53.4 Å². The van der Waals surface area contributed by atoms with Crippen molar-refractivity contribution in [3.63, 3.8) is 0 Å². The Labute approximate surface area is 199 Å². The highest BCUT2D eigenvalue weighted by Crippen LogP contribution is 2.14. The van der Waals surface area contributed by atoms with E-state index in [2.05, 4.69) is 20.1 Å². The minimum Gasteiger partial charge on any atom is -0.468 e. The predicted octanol–water partition coefficient (Wildman–Crippen LogP) is 2.59. The van der Waals surface area contributed by atoms with Gasteiger partial charge < -0.3 is 20.1 Å². The number of ether oxygens (including phenoxy) is 2. The average Bonchev–Trinajstić information content (AvgIpc) is 2.82. The number of esters is 2. The summed E-state index contributed by atoms with van der Waals surface area (Å²) in [4.78, 5) is 35.8. The van der Waals surface area contributed by atoms with Crippen LogP contribution in [0.2, 0.25) is 0 Å². The van der Waals surface area contributed by atoms with Gasteiger partial charge in [-0.05, 0) is 56.5 Å². The number of methoxy groups -OCH3 is 2. The zero-order valence-electron chi connectivity index (χ0n) is 19.3. The summed E-state index contributed by atoms with van der Waals surface area (Å²) in [5.41, 5.74) is 1.65. The number of nitrogens with one attached hydrogen (secondary N) is 3. The van der Waals surface area contributed by atoms with E-state index >= 15 is 0 Å². The number of urea groups is 1. The number of sulfonamides is 1. The normalized spacial score (nSPS) is 11.9. The first-order valence-electron chi connectivity index (χ1n) is 10.6. The van der Waals surface area contributed by atoms with E-state index in [1.165, 1.54) is 32.4 Å². The van der Waals surface area contributed by atoms with E-state index < -0.39 is 34.0 Å². The first-order chi connectivity index (χ1) is 16.2. The Balaban J connectivity index is 1.82. The lowest BCUT2D eigenvalue weighted by molar-refractivity contribution is -0.142. The Hall–Kier alpha value is -3.44. The first-order valence-corrected chi connectivity index (χ1v) is 12.0. The third-order valence-corrected chi connectivity index (χ3v) is 6.35. The summed E-state index contributed by atoms with van der Waals surface area (Å²) in [7, 11) is -1.44. The number of carbonyl (C=O) groups excluding carboxylic acids is 3. The maximum Gasteiger partial charge on any atom is 0.337 e. The van der Waals surface area contributed by atoms with E-state index in [1.807, 2.05) is 6.92 Å². The van der Waals surface area contributed by atoms with Crippen LogP contribution >= 0.6 is 0 Å². The van der Waals surface area contributed by atoms with Gasteiger partial charge in [-0.3, -0.25) is 4.79 Å². The lowest BCUT2D eigenvalue weighted by Gasteiger charge is -2.17. The van der Waals surface area contributed by atoms with Crippen LogP contribution in [0.4, 0.5) is 10.5 Å². The third kappa shape index (κ3) is 8.16. The molecule has 1 unspecified atom stereocenters. The van der Waals surface area contributed by atoms with Gasteiger partial charge in [0.15, 0.2) is 0 Å². The molecule has 2 rings (SSSR count). The molecule has 0 fully saturated rings. The fraction of sp³-hybridized carbons (Fsp3) is 0.348. The average molecular weight is 492 g/mol. The smallest absolute Gasteiger partial charge is 0.337 e. The van der Waals surface area contributed by atoms with Crippen molar-refractivity contribution in [1.82, 2.24) is 10.0 Å². The van der Waals surface area contributed by atoms with Gasteiger partial charge in [0.1, 0.15) is 6.04 Å². The molecular weight excluding hydrogens is 462 g/mol. The van der Waals surface area contributed by atoms with Crippen molar-refractivity contribution in [2.24, 2.45) is 0 Å². The van der Waals surface area contributed by atoms with Crippen LogP contribution in [0.5, 0.6) is 0 Å². The summed E-state index contributed by atoms with van der Waals surface area (Å²) in [6, 6.07) is 11.1. The number of hydrogen-bond acceptors (Lipinski definition) is 7. The Morgan fingerprint density at radius 3 is 2.32 bits per heavy atom. The van der Waals surface area contributed by atoms with E-state index in [4.69, 9.17) is 4.74 Å². The van der Waals surface area contributed by atoms with Crippen molar-refractivity contribution in [3.05, 3.63) is 59.7 Å². The van der Waals surface area contributed by atoms with E-state index in [9.17, 15) is 22.8 Å². The van der Waals surface area contributed by atoms with E-state index in [0.717, 1.165) is 5.56 Å². The molecule has 0 heterocycles. The summed E-state index contributed by atoms with van der Waals surface area (Å²) in [6.07, 6.45) is 1.14. The van der Waals surface area contributed by atoms with Gasteiger partial charge in [-0.25, -0.2) is 18.0 Å². The van der Waals surface area contributed by atoms with Gasteiger partial charge in [0.05, 0.1) is 24.7 Å². The quantitative estimate of drug-likeness (QED) is 0.324. The van der Waals surface area contributed by atoms with Crippen LogP contribution in [0.1, 0.15) is 35.2 Å². The van der Waals surface area contributed by atoms with Crippen molar-refractivity contribution in [2.75, 3.05) is 26.1 Å². The minimum atomic E-state index is -3.90. The fourth-order valence-electron chi connectivity index (χ4n) is 3.03. The minimum absolute atomic E-state index is 0.0570. The number of anilines is 1. The summed E-state index contributed by atoms with van der Waals surface area (Å²) in [5, 5.41) is 5.29. The van der Waals surface area contributed by atoms with Gasteiger partial charge in [-0.1, -0.05) is 23.8 Å². The highest BCUT2D eigenvalue weighted by molar-refractivity contribution is 7.89. The molecule has 0 saturated carbocycles. The molecule has 10 nitrogen and oxygen atoms in total. The summed E-state index contributed by atoms with van der Waals surface area (Å²) in [5.74, 6) is -1.20. The zero-order chi connectivity index (χ0) is 25.1. The molecule has 0 spiro atoms. The van der Waals surface area contributed by atoms with Gasteiger partial charge in [0.25, 0.3) is 0 Å². The van der Waals surface area contributed by atoms with Crippen LogP contribution in [-0.2, 0) is 24.3 Å². The second-order valence-electron chi connectivity index (χ2n) is 7.46. The molecule has 3 N–H and O–H groups in total. The van der Waals surface area contributed by atoms with Gasteiger partial charge in [-0.2, -0.15) is 4.72 Å². The number of rotatable bonds is 11. The summed E-state index contributed by atoms with van der Waals surface area (Å²) in [6.45, 7) is 2.13. The number of hydrogen-bond donors (Lipinski definition) is 3. The molecule has 1 atom stereocenters. The highest BCUT2D eigenvalue weighted by atomic mass is 32.2. The lowest BCUT2D eigenvalue weighted by Crippen LogP contribution is -2.41. The summed E-state index contributed by atoms with van der Waals surface area (Å²) < 4.78 is 37.0. The lowest BCUT2D eigenvalue weighted by atomic mass is 10.1. The fourth-order valence-corrected chi connectivity index (χ4v) is 4.25. The third-order valence-electron chi connectivity index (χ3n) is 4.86. The second-order valence-corrected chi connectivity index (χ2v) is 9.17. The van der Waals surface area contributed by atoms with Gasteiger partial charge >= 0.3 is 18.0 Å². The monoisotopic (exact) mass is 491 g/mol. The van der Waals surface area contributed by atoms with Crippen molar-refractivity contribution in [1.29, 1.82) is 0 Å². The molecule has 34 heavy (non-hydrogen) atoms. The molecule has 2 amide bonds. The van der Waals surface area contributed by atoms with Crippen molar-refractivity contribution < 1.29 is 32.3 Å². The molecule has 0 radical (unpaired) electrons. The second kappa shape index (κ2) is 12.7. The Morgan fingerprint density at radius 1 is 0.971 bits per heavy atom. The van der Waals surface area contributed by atoms with Crippen LogP contribution in [0.25, 0.3) is 0 Å². The Kier molecular flexibility index (Phi) is 10.0. The van der Waals surface area contributed by atoms with Crippen LogP contribution in [-0.4, -0.2) is 53.2 Å². The molecule has 11 heteroatoms. The number of aryl methyl sites for hydroxylation is 1. The van der Waals surface area contributed by atoms with Gasteiger partial charge in [0.2, 0.25) is 10.0 Å². The van der Waals surface area contributed by atoms with E-state index in [0.29, 0.717) is 30.6 Å². The molecule has 0 bridgehead atoms. The molecule has 2 aromatic rings. The summed E-state index contributed by atoms with van der Waals surface area (Å²) >= 11 is 0. The SMILES string of the molecule is COC(=O)c1cccc(NC(=O)NCCCCC(NS(=O)(=O)c2ccc(C)cc2)C(=O)OC)c1. The van der Waals surface area contributed by atoms with Crippen molar-refractivity contribution in [2.45, 2.75) is 37.1 Å². The molecule has 0 saturated heterocycles. The van der Waals surface area contributed by atoms with Crippen LogP contribution in [0.3, 0.4) is 0 Å².